The Labute approximate surface area is 165 Å². The molecule has 0 atom stereocenters. The van der Waals surface area contributed by atoms with Gasteiger partial charge in [-0.1, -0.05) is 30.2 Å². The number of rotatable bonds is 4. The van der Waals surface area contributed by atoms with Crippen LogP contribution in [-0.4, -0.2) is 44.3 Å². The van der Waals surface area contributed by atoms with Crippen molar-refractivity contribution in [3.63, 3.8) is 0 Å². The Kier molecular flexibility index (Phi) is 5.44. The predicted molar refractivity (Wildman–Crippen MR) is 106 cm³/mol. The van der Waals surface area contributed by atoms with E-state index >= 15 is 0 Å². The van der Waals surface area contributed by atoms with Gasteiger partial charge >= 0.3 is 0 Å². The summed E-state index contributed by atoms with van der Waals surface area (Å²) in [5.74, 6) is 0.235. The highest BCUT2D eigenvalue weighted by atomic mass is 35.5. The molecule has 1 saturated heterocycles. The van der Waals surface area contributed by atoms with Gasteiger partial charge in [-0.3, -0.25) is 4.79 Å². The van der Waals surface area contributed by atoms with Gasteiger partial charge in [0, 0.05) is 23.8 Å². The number of ether oxygens (including phenoxy) is 1. The average molecular weight is 392 g/mol. The molecule has 0 bridgehead atoms. The van der Waals surface area contributed by atoms with Gasteiger partial charge in [0.1, 0.15) is 18.6 Å². The molecule has 1 saturated carbocycles. The molecule has 1 aromatic carbocycles. The highest BCUT2D eigenvalue weighted by molar-refractivity contribution is 6.35. The third-order valence-corrected chi connectivity index (χ3v) is 6.66. The van der Waals surface area contributed by atoms with Crippen molar-refractivity contribution in [1.29, 1.82) is 0 Å². The Morgan fingerprint density at radius 1 is 1.22 bits per heavy atom. The van der Waals surface area contributed by atoms with Crippen molar-refractivity contribution in [3.8, 4) is 0 Å². The number of nitrogens with one attached hydrogen (secondary N) is 2. The van der Waals surface area contributed by atoms with Crippen molar-refractivity contribution in [2.24, 2.45) is 0 Å². The van der Waals surface area contributed by atoms with E-state index in [0.29, 0.717) is 22.9 Å². The molecule has 1 aliphatic carbocycles. The molecule has 0 unspecified atom stereocenters. The van der Waals surface area contributed by atoms with Crippen LogP contribution in [0.4, 0.5) is 0 Å². The number of quaternary nitrogens is 1. The predicted octanol–water partition coefficient (Wildman–Crippen LogP) is 2.74. The summed E-state index contributed by atoms with van der Waals surface area (Å²) in [6.07, 6.45) is 6.08. The summed E-state index contributed by atoms with van der Waals surface area (Å²) in [7, 11) is 0. The molecule has 6 heteroatoms. The van der Waals surface area contributed by atoms with Gasteiger partial charge in [-0.2, -0.15) is 0 Å². The van der Waals surface area contributed by atoms with Crippen molar-refractivity contribution < 1.29 is 18.8 Å². The second-order valence-electron chi connectivity index (χ2n) is 7.91. The maximum absolute atomic E-state index is 12.9. The topological polar surface area (TPSA) is 55.9 Å². The van der Waals surface area contributed by atoms with Crippen molar-refractivity contribution in [2.45, 2.75) is 44.6 Å². The first kappa shape index (κ1) is 18.8. The minimum absolute atomic E-state index is 0.120. The lowest BCUT2D eigenvalue weighted by Gasteiger charge is -2.44. The molecule has 2 aliphatic rings. The fourth-order valence-electron chi connectivity index (χ4n) is 4.79. The van der Waals surface area contributed by atoms with Crippen LogP contribution in [0.1, 0.15) is 48.2 Å². The van der Waals surface area contributed by atoms with Crippen LogP contribution < -0.4 is 10.2 Å². The Bertz CT molecular complexity index is 820. The van der Waals surface area contributed by atoms with E-state index < -0.39 is 0 Å². The zero-order chi connectivity index (χ0) is 18.9. The number of benzene rings is 1. The normalized spacial score (nSPS) is 20.7. The van der Waals surface area contributed by atoms with Crippen molar-refractivity contribution in [3.05, 3.63) is 34.5 Å². The van der Waals surface area contributed by atoms with E-state index in [1.165, 1.54) is 19.3 Å². The number of carbonyl (C=O) groups is 1. The van der Waals surface area contributed by atoms with E-state index in [2.05, 4.69) is 5.32 Å². The average Bonchev–Trinajstić information content (AvgIpc) is 3.06. The van der Waals surface area contributed by atoms with Crippen LogP contribution in [0.15, 0.2) is 22.6 Å². The van der Waals surface area contributed by atoms with Crippen molar-refractivity contribution >= 4 is 28.5 Å². The van der Waals surface area contributed by atoms with Crippen LogP contribution in [0.5, 0.6) is 0 Å². The van der Waals surface area contributed by atoms with Gasteiger partial charge in [0.15, 0.2) is 11.3 Å². The third-order valence-electron chi connectivity index (χ3n) is 6.37. The van der Waals surface area contributed by atoms with E-state index in [1.54, 1.807) is 11.0 Å². The Hall–Kier alpha value is -1.56. The number of hydrogen-bond donors (Lipinski definition) is 2. The number of carbonyl (C=O) groups excluding carboxylic acids is 1. The van der Waals surface area contributed by atoms with Gasteiger partial charge in [-0.15, -0.1) is 0 Å². The van der Waals surface area contributed by atoms with E-state index in [4.69, 9.17) is 20.8 Å². The molecule has 1 aromatic heterocycles. The molecule has 1 aliphatic heterocycles. The number of para-hydroxylation sites is 1. The number of fused-ring (bicyclic) bond motifs is 1. The minimum Gasteiger partial charge on any atom is -0.449 e. The van der Waals surface area contributed by atoms with Gasteiger partial charge in [-0.05, 0) is 25.8 Å². The largest absolute Gasteiger partial charge is 0.449 e. The summed E-state index contributed by atoms with van der Waals surface area (Å²) >= 11 is 6.23. The molecule has 1 amide bonds. The van der Waals surface area contributed by atoms with Crippen LogP contribution in [0.3, 0.4) is 0 Å². The first-order chi connectivity index (χ1) is 13.1. The zero-order valence-corrected chi connectivity index (χ0v) is 16.7. The number of morpholine rings is 1. The summed E-state index contributed by atoms with van der Waals surface area (Å²) in [5, 5.41) is 4.63. The molecule has 27 heavy (non-hydrogen) atoms. The van der Waals surface area contributed by atoms with Crippen LogP contribution in [0.2, 0.25) is 5.02 Å². The lowest BCUT2D eigenvalue weighted by atomic mass is 9.79. The quantitative estimate of drug-likeness (QED) is 0.842. The fraction of sp³-hybridized carbons (Fsp3) is 0.571. The molecule has 4 rings (SSSR count). The fourth-order valence-corrected chi connectivity index (χ4v) is 5.00. The maximum Gasteiger partial charge on any atom is 0.287 e. The van der Waals surface area contributed by atoms with E-state index in [0.717, 1.165) is 50.1 Å². The summed E-state index contributed by atoms with van der Waals surface area (Å²) in [4.78, 5) is 14.5. The monoisotopic (exact) mass is 391 g/mol. The standard InChI is InChI=1S/C21H27ClN2O3/c1-15-16-6-5-7-17(22)19(16)27-18(15)20(25)23-14-21(8-3-2-4-9-21)24-10-12-26-13-11-24/h5-7H,2-4,8-14H2,1H3,(H,23,25)/p+1. The van der Waals surface area contributed by atoms with Gasteiger partial charge in [-0.25, -0.2) is 0 Å². The molecule has 5 nitrogen and oxygen atoms in total. The Morgan fingerprint density at radius 3 is 2.67 bits per heavy atom. The van der Waals surface area contributed by atoms with E-state index in [1.807, 2.05) is 19.1 Å². The lowest BCUT2D eigenvalue weighted by molar-refractivity contribution is -0.960. The molecular formula is C21H28ClN2O3+. The smallest absolute Gasteiger partial charge is 0.287 e. The summed E-state index contributed by atoms with van der Waals surface area (Å²) in [5.41, 5.74) is 1.56. The highest BCUT2D eigenvalue weighted by Crippen LogP contribution is 2.31. The van der Waals surface area contributed by atoms with Crippen LogP contribution in [0, 0.1) is 6.92 Å². The second kappa shape index (κ2) is 7.82. The van der Waals surface area contributed by atoms with Gasteiger partial charge in [0.2, 0.25) is 0 Å². The molecule has 0 radical (unpaired) electrons. The third kappa shape index (κ3) is 3.60. The number of amides is 1. The summed E-state index contributed by atoms with van der Waals surface area (Å²) in [6.45, 7) is 6.27. The molecule has 2 N–H and O–H groups in total. The van der Waals surface area contributed by atoms with E-state index in [-0.39, 0.29) is 11.4 Å². The molecular weight excluding hydrogens is 364 g/mol. The van der Waals surface area contributed by atoms with Gasteiger partial charge in [0.05, 0.1) is 24.8 Å². The van der Waals surface area contributed by atoms with Gasteiger partial charge in [0.25, 0.3) is 5.91 Å². The number of furan rings is 1. The van der Waals surface area contributed by atoms with Crippen molar-refractivity contribution in [2.75, 3.05) is 32.8 Å². The van der Waals surface area contributed by atoms with Crippen LogP contribution >= 0.6 is 11.6 Å². The highest BCUT2D eigenvalue weighted by Gasteiger charge is 2.42. The number of halogens is 1. The first-order valence-corrected chi connectivity index (χ1v) is 10.4. The summed E-state index contributed by atoms with van der Waals surface area (Å²) in [6, 6.07) is 5.61. The number of hydrogen-bond acceptors (Lipinski definition) is 3. The molecule has 2 heterocycles. The second-order valence-corrected chi connectivity index (χ2v) is 8.32. The van der Waals surface area contributed by atoms with Crippen LogP contribution in [0.25, 0.3) is 11.0 Å². The lowest BCUT2D eigenvalue weighted by Crippen LogP contribution is -3.23. The Balaban J connectivity index is 1.53. The number of aryl methyl sites for hydroxylation is 1. The minimum atomic E-state index is -0.141. The SMILES string of the molecule is Cc1c(C(=O)NCC2([NH+]3CCOCC3)CCCCC2)oc2c(Cl)cccc12. The molecule has 2 aromatic rings. The van der Waals surface area contributed by atoms with E-state index in [9.17, 15) is 4.79 Å². The van der Waals surface area contributed by atoms with Gasteiger partial charge < -0.3 is 19.4 Å². The Morgan fingerprint density at radius 2 is 1.96 bits per heavy atom. The van der Waals surface area contributed by atoms with Crippen LogP contribution in [-0.2, 0) is 4.74 Å². The molecule has 0 spiro atoms. The first-order valence-electron chi connectivity index (χ1n) is 9.99. The maximum atomic E-state index is 12.9. The summed E-state index contributed by atoms with van der Waals surface area (Å²) < 4.78 is 11.4. The molecule has 2 fully saturated rings. The molecule has 146 valence electrons. The van der Waals surface area contributed by atoms with Crippen molar-refractivity contribution in [1.82, 2.24) is 5.32 Å². The zero-order valence-electron chi connectivity index (χ0n) is 15.9.